The van der Waals surface area contributed by atoms with Gasteiger partial charge in [-0.1, -0.05) is 12.8 Å². The quantitative estimate of drug-likeness (QED) is 0.802. The molecule has 2 N–H and O–H groups in total. The van der Waals surface area contributed by atoms with Crippen molar-refractivity contribution in [3.8, 4) is 0 Å². The topological polar surface area (TPSA) is 61.0 Å². The van der Waals surface area contributed by atoms with Gasteiger partial charge in [-0.2, -0.15) is 0 Å². The van der Waals surface area contributed by atoms with Crippen LogP contribution in [0.2, 0.25) is 0 Å². The lowest BCUT2D eigenvalue weighted by Crippen LogP contribution is -2.40. The first-order valence-electron chi connectivity index (χ1n) is 6.87. The molecule has 5 nitrogen and oxygen atoms in total. The summed E-state index contributed by atoms with van der Waals surface area (Å²) in [5.74, 6) is 0.985. The zero-order chi connectivity index (χ0) is 12.6. The highest BCUT2D eigenvalue weighted by Gasteiger charge is 2.14. The van der Waals surface area contributed by atoms with Crippen LogP contribution in [0.4, 0.5) is 4.79 Å². The van der Waals surface area contributed by atoms with Crippen LogP contribution in [0, 0.1) is 0 Å². The van der Waals surface area contributed by atoms with E-state index in [0.717, 1.165) is 51.1 Å². The maximum atomic E-state index is 11.9. The highest BCUT2D eigenvalue weighted by atomic mass is 16.2. The van der Waals surface area contributed by atoms with Gasteiger partial charge in [0, 0.05) is 38.4 Å². The maximum absolute atomic E-state index is 11.9. The van der Waals surface area contributed by atoms with Crippen LogP contribution in [0.5, 0.6) is 0 Å². The van der Waals surface area contributed by atoms with Crippen LogP contribution in [0.25, 0.3) is 0 Å². The predicted molar refractivity (Wildman–Crippen MR) is 70.3 cm³/mol. The van der Waals surface area contributed by atoms with E-state index in [2.05, 4.69) is 15.3 Å². The molecule has 1 aliphatic rings. The number of carbonyl (C=O) groups is 1. The van der Waals surface area contributed by atoms with Crippen molar-refractivity contribution < 1.29 is 4.79 Å². The zero-order valence-electron chi connectivity index (χ0n) is 10.8. The summed E-state index contributed by atoms with van der Waals surface area (Å²) in [5, 5.41) is 2.99. The Kier molecular flexibility index (Phi) is 5.05. The second-order valence-corrected chi connectivity index (χ2v) is 4.77. The Morgan fingerprint density at radius 3 is 2.78 bits per heavy atom. The van der Waals surface area contributed by atoms with E-state index < -0.39 is 0 Å². The van der Waals surface area contributed by atoms with E-state index >= 15 is 0 Å². The van der Waals surface area contributed by atoms with Gasteiger partial charge in [-0.05, 0) is 19.3 Å². The van der Waals surface area contributed by atoms with Crippen molar-refractivity contribution in [2.45, 2.75) is 38.5 Å². The van der Waals surface area contributed by atoms with Crippen LogP contribution in [0.15, 0.2) is 12.4 Å². The van der Waals surface area contributed by atoms with Crippen LogP contribution in [-0.4, -0.2) is 40.5 Å². The van der Waals surface area contributed by atoms with Crippen molar-refractivity contribution in [3.05, 3.63) is 18.2 Å². The normalized spacial score (nSPS) is 16.3. The summed E-state index contributed by atoms with van der Waals surface area (Å²) in [6.45, 7) is 2.53. The van der Waals surface area contributed by atoms with Crippen LogP contribution >= 0.6 is 0 Å². The molecule has 1 aromatic rings. The Morgan fingerprint density at radius 1 is 1.33 bits per heavy atom. The van der Waals surface area contributed by atoms with E-state index in [9.17, 15) is 4.79 Å². The molecule has 0 aromatic carbocycles. The molecular formula is C13H22N4O. The molecule has 0 atom stereocenters. The summed E-state index contributed by atoms with van der Waals surface area (Å²) in [6.07, 6.45) is 10.2. The molecule has 1 saturated heterocycles. The van der Waals surface area contributed by atoms with E-state index in [1.807, 2.05) is 11.1 Å². The lowest BCUT2D eigenvalue weighted by Gasteiger charge is -2.20. The van der Waals surface area contributed by atoms with Crippen molar-refractivity contribution in [1.82, 2.24) is 20.2 Å². The minimum Gasteiger partial charge on any atom is -0.349 e. The number of H-pyrrole nitrogens is 1. The van der Waals surface area contributed by atoms with Gasteiger partial charge in [-0.25, -0.2) is 9.78 Å². The number of nitrogens with zero attached hydrogens (tertiary/aromatic N) is 2. The smallest absolute Gasteiger partial charge is 0.317 e. The molecule has 1 fully saturated rings. The van der Waals surface area contributed by atoms with Gasteiger partial charge in [-0.3, -0.25) is 0 Å². The van der Waals surface area contributed by atoms with Crippen LogP contribution in [-0.2, 0) is 6.42 Å². The molecule has 100 valence electrons. The van der Waals surface area contributed by atoms with Gasteiger partial charge in [0.25, 0.3) is 0 Å². The van der Waals surface area contributed by atoms with Gasteiger partial charge in [0.1, 0.15) is 5.82 Å². The van der Waals surface area contributed by atoms with E-state index in [-0.39, 0.29) is 6.03 Å². The number of hydrogen-bond acceptors (Lipinski definition) is 2. The molecule has 1 aliphatic heterocycles. The van der Waals surface area contributed by atoms with Crippen molar-refractivity contribution in [2.24, 2.45) is 0 Å². The van der Waals surface area contributed by atoms with E-state index in [4.69, 9.17) is 0 Å². The van der Waals surface area contributed by atoms with E-state index in [1.165, 1.54) is 12.8 Å². The fraction of sp³-hybridized carbons (Fsp3) is 0.692. The van der Waals surface area contributed by atoms with Crippen molar-refractivity contribution in [3.63, 3.8) is 0 Å². The molecular weight excluding hydrogens is 228 g/mol. The molecule has 0 aliphatic carbocycles. The molecule has 2 rings (SSSR count). The largest absolute Gasteiger partial charge is 0.349 e. The third-order valence-electron chi connectivity index (χ3n) is 3.31. The number of hydrogen-bond donors (Lipinski definition) is 2. The number of aromatic nitrogens is 2. The number of carbonyl (C=O) groups excluding carboxylic acids is 1. The number of imidazole rings is 1. The summed E-state index contributed by atoms with van der Waals surface area (Å²) in [7, 11) is 0. The number of aryl methyl sites for hydroxylation is 1. The molecule has 2 amide bonds. The molecule has 18 heavy (non-hydrogen) atoms. The Hall–Kier alpha value is -1.52. The number of amides is 2. The Balaban J connectivity index is 1.61. The summed E-state index contributed by atoms with van der Waals surface area (Å²) in [6, 6.07) is 0.0938. The van der Waals surface area contributed by atoms with Crippen molar-refractivity contribution in [1.29, 1.82) is 0 Å². The lowest BCUT2D eigenvalue weighted by molar-refractivity contribution is 0.199. The summed E-state index contributed by atoms with van der Waals surface area (Å²) < 4.78 is 0. The minimum absolute atomic E-state index is 0.0938. The second-order valence-electron chi connectivity index (χ2n) is 4.77. The summed E-state index contributed by atoms with van der Waals surface area (Å²) in [4.78, 5) is 21.1. The molecule has 0 saturated carbocycles. The molecule has 0 bridgehead atoms. The minimum atomic E-state index is 0.0938. The molecule has 0 unspecified atom stereocenters. The fourth-order valence-corrected chi connectivity index (χ4v) is 2.27. The maximum Gasteiger partial charge on any atom is 0.317 e. The van der Waals surface area contributed by atoms with Crippen LogP contribution in [0.3, 0.4) is 0 Å². The first-order valence-corrected chi connectivity index (χ1v) is 6.87. The average Bonchev–Trinajstić information content (AvgIpc) is 2.74. The Morgan fingerprint density at radius 2 is 2.11 bits per heavy atom. The summed E-state index contributed by atoms with van der Waals surface area (Å²) >= 11 is 0. The van der Waals surface area contributed by atoms with Gasteiger partial charge in [-0.15, -0.1) is 0 Å². The lowest BCUT2D eigenvalue weighted by atomic mass is 10.2. The fourth-order valence-electron chi connectivity index (χ4n) is 2.27. The van der Waals surface area contributed by atoms with Crippen molar-refractivity contribution in [2.75, 3.05) is 19.6 Å². The van der Waals surface area contributed by atoms with Crippen LogP contribution < -0.4 is 5.32 Å². The van der Waals surface area contributed by atoms with Gasteiger partial charge in [0.15, 0.2) is 0 Å². The van der Waals surface area contributed by atoms with Gasteiger partial charge >= 0.3 is 6.03 Å². The number of likely N-dealkylation sites (tertiary alicyclic amines) is 1. The standard InChI is InChI=1S/C13H22N4O/c18-13(17-10-3-1-2-4-11-17)16-7-5-6-12-14-8-9-15-12/h8-9H,1-7,10-11H2,(H,14,15)(H,16,18). The highest BCUT2D eigenvalue weighted by molar-refractivity contribution is 5.74. The number of aromatic amines is 1. The number of nitrogens with one attached hydrogen (secondary N) is 2. The monoisotopic (exact) mass is 250 g/mol. The first-order chi connectivity index (χ1) is 8.86. The third kappa shape index (κ3) is 4.05. The van der Waals surface area contributed by atoms with E-state index in [1.54, 1.807) is 6.20 Å². The van der Waals surface area contributed by atoms with Crippen LogP contribution in [0.1, 0.15) is 37.9 Å². The SMILES string of the molecule is O=C(NCCCc1ncc[nH]1)N1CCCCCC1. The zero-order valence-corrected chi connectivity index (χ0v) is 10.8. The molecule has 0 spiro atoms. The van der Waals surface area contributed by atoms with E-state index in [0.29, 0.717) is 0 Å². The average molecular weight is 250 g/mol. The predicted octanol–water partition coefficient (Wildman–Crippen LogP) is 1.93. The Bertz CT molecular complexity index is 342. The molecule has 5 heteroatoms. The number of rotatable bonds is 4. The number of urea groups is 1. The van der Waals surface area contributed by atoms with Gasteiger partial charge in [0.2, 0.25) is 0 Å². The highest BCUT2D eigenvalue weighted by Crippen LogP contribution is 2.09. The molecule has 0 radical (unpaired) electrons. The molecule has 1 aromatic heterocycles. The summed E-state index contributed by atoms with van der Waals surface area (Å²) in [5.41, 5.74) is 0. The Labute approximate surface area is 108 Å². The second kappa shape index (κ2) is 7.03. The van der Waals surface area contributed by atoms with Crippen molar-refractivity contribution >= 4 is 6.03 Å². The third-order valence-corrected chi connectivity index (χ3v) is 3.31. The molecule has 2 heterocycles. The van der Waals surface area contributed by atoms with Gasteiger partial charge < -0.3 is 15.2 Å². The first kappa shape index (κ1) is 12.9. The van der Waals surface area contributed by atoms with Gasteiger partial charge in [0.05, 0.1) is 0 Å².